The van der Waals surface area contributed by atoms with Crippen molar-refractivity contribution in [2.24, 2.45) is 11.1 Å². The summed E-state index contributed by atoms with van der Waals surface area (Å²) in [6.45, 7) is 5.53. The minimum absolute atomic E-state index is 0.299. The summed E-state index contributed by atoms with van der Waals surface area (Å²) in [4.78, 5) is 0. The lowest BCUT2D eigenvalue weighted by Gasteiger charge is -2.52. The first kappa shape index (κ1) is 12.3. The molecular formula is C13H25NO2. The maximum absolute atomic E-state index is 6.15. The van der Waals surface area contributed by atoms with Crippen LogP contribution in [0.15, 0.2) is 0 Å². The molecule has 0 heterocycles. The predicted octanol–water partition coefficient (Wildman–Crippen LogP) is 2.09. The number of ether oxygens (including phenoxy) is 2. The molecule has 0 radical (unpaired) electrons. The molecule has 3 nitrogen and oxygen atoms in total. The van der Waals surface area contributed by atoms with Crippen LogP contribution in [0.5, 0.6) is 0 Å². The molecule has 0 saturated heterocycles. The van der Waals surface area contributed by atoms with Crippen LogP contribution in [0.1, 0.15) is 46.0 Å². The standard InChI is InChI=1S/C13H25NO2/c1-10(2)15-7-8-16-12-9-11(14)13(12)5-3-4-6-13/h10-12H,3-9,14H2,1-2H3. The molecule has 16 heavy (non-hydrogen) atoms. The Hall–Kier alpha value is -0.120. The normalized spacial score (nSPS) is 32.2. The van der Waals surface area contributed by atoms with Crippen LogP contribution in [-0.2, 0) is 9.47 Å². The molecule has 0 aromatic rings. The first-order valence-corrected chi connectivity index (χ1v) is 6.64. The van der Waals surface area contributed by atoms with E-state index in [-0.39, 0.29) is 0 Å². The van der Waals surface area contributed by atoms with Gasteiger partial charge in [0.1, 0.15) is 0 Å². The van der Waals surface area contributed by atoms with Gasteiger partial charge in [-0.2, -0.15) is 0 Å². The first-order chi connectivity index (χ1) is 7.65. The van der Waals surface area contributed by atoms with Crippen LogP contribution in [0.2, 0.25) is 0 Å². The fourth-order valence-corrected chi connectivity index (χ4v) is 3.21. The molecule has 0 aromatic heterocycles. The predicted molar refractivity (Wildman–Crippen MR) is 64.3 cm³/mol. The summed E-state index contributed by atoms with van der Waals surface area (Å²) in [5, 5.41) is 0. The zero-order valence-electron chi connectivity index (χ0n) is 10.6. The Bertz CT molecular complexity index is 224. The lowest BCUT2D eigenvalue weighted by Crippen LogP contribution is -2.61. The molecule has 2 rings (SSSR count). The Labute approximate surface area is 98.7 Å². The van der Waals surface area contributed by atoms with Gasteiger partial charge in [-0.15, -0.1) is 0 Å². The molecule has 2 atom stereocenters. The van der Waals surface area contributed by atoms with Crippen molar-refractivity contribution in [2.45, 2.75) is 64.2 Å². The second kappa shape index (κ2) is 5.03. The number of rotatable bonds is 5. The molecule has 2 fully saturated rings. The van der Waals surface area contributed by atoms with Crippen molar-refractivity contribution in [3.05, 3.63) is 0 Å². The second-order valence-corrected chi connectivity index (χ2v) is 5.56. The van der Waals surface area contributed by atoms with Gasteiger partial charge in [-0.25, -0.2) is 0 Å². The highest BCUT2D eigenvalue weighted by Gasteiger charge is 2.54. The van der Waals surface area contributed by atoms with Gasteiger partial charge in [0.2, 0.25) is 0 Å². The summed E-state index contributed by atoms with van der Waals surface area (Å²) < 4.78 is 11.4. The Kier molecular flexibility index (Phi) is 3.88. The smallest absolute Gasteiger partial charge is 0.0704 e. The van der Waals surface area contributed by atoms with E-state index < -0.39 is 0 Å². The highest BCUT2D eigenvalue weighted by atomic mass is 16.5. The van der Waals surface area contributed by atoms with Gasteiger partial charge in [0.25, 0.3) is 0 Å². The third-order valence-electron chi connectivity index (χ3n) is 4.24. The summed E-state index contributed by atoms with van der Waals surface area (Å²) >= 11 is 0. The van der Waals surface area contributed by atoms with Crippen molar-refractivity contribution in [1.29, 1.82) is 0 Å². The zero-order chi connectivity index (χ0) is 11.6. The van der Waals surface area contributed by atoms with Gasteiger partial charge in [-0.1, -0.05) is 12.8 Å². The van der Waals surface area contributed by atoms with Crippen LogP contribution in [0, 0.1) is 5.41 Å². The third kappa shape index (κ3) is 2.27. The molecular weight excluding hydrogens is 202 g/mol. The zero-order valence-corrected chi connectivity index (χ0v) is 10.6. The minimum Gasteiger partial charge on any atom is -0.376 e. The van der Waals surface area contributed by atoms with Gasteiger partial charge in [0.05, 0.1) is 25.4 Å². The van der Waals surface area contributed by atoms with Crippen molar-refractivity contribution in [3.8, 4) is 0 Å². The number of hydrogen-bond acceptors (Lipinski definition) is 3. The number of nitrogens with two attached hydrogens (primary N) is 1. The lowest BCUT2D eigenvalue weighted by molar-refractivity contribution is -0.135. The molecule has 3 heteroatoms. The van der Waals surface area contributed by atoms with E-state index in [1.54, 1.807) is 0 Å². The van der Waals surface area contributed by atoms with E-state index in [0.717, 1.165) is 13.0 Å². The molecule has 2 aliphatic carbocycles. The fraction of sp³-hybridized carbons (Fsp3) is 1.00. The first-order valence-electron chi connectivity index (χ1n) is 6.64. The monoisotopic (exact) mass is 227 g/mol. The van der Waals surface area contributed by atoms with Crippen molar-refractivity contribution >= 4 is 0 Å². The summed E-state index contributed by atoms with van der Waals surface area (Å²) in [6, 6.07) is 0.381. The molecule has 0 aromatic carbocycles. The average Bonchev–Trinajstić information content (AvgIpc) is 2.73. The second-order valence-electron chi connectivity index (χ2n) is 5.56. The van der Waals surface area contributed by atoms with Gasteiger partial charge in [-0.05, 0) is 33.1 Å². The van der Waals surface area contributed by atoms with E-state index in [4.69, 9.17) is 15.2 Å². The summed E-state index contributed by atoms with van der Waals surface area (Å²) in [6.07, 6.45) is 6.94. The highest BCUT2D eigenvalue weighted by molar-refractivity contribution is 5.08. The fourth-order valence-electron chi connectivity index (χ4n) is 3.21. The Morgan fingerprint density at radius 3 is 2.50 bits per heavy atom. The van der Waals surface area contributed by atoms with Crippen molar-refractivity contribution in [1.82, 2.24) is 0 Å². The van der Waals surface area contributed by atoms with E-state index in [9.17, 15) is 0 Å². The molecule has 2 aliphatic rings. The molecule has 0 aliphatic heterocycles. The topological polar surface area (TPSA) is 44.5 Å². The quantitative estimate of drug-likeness (QED) is 0.731. The van der Waals surface area contributed by atoms with Gasteiger partial charge >= 0.3 is 0 Å². The van der Waals surface area contributed by atoms with Gasteiger partial charge in [0.15, 0.2) is 0 Å². The van der Waals surface area contributed by atoms with Gasteiger partial charge < -0.3 is 15.2 Å². The summed E-state index contributed by atoms with van der Waals surface area (Å²) in [7, 11) is 0. The maximum Gasteiger partial charge on any atom is 0.0704 e. The molecule has 0 bridgehead atoms. The Balaban J connectivity index is 1.70. The van der Waals surface area contributed by atoms with E-state index in [2.05, 4.69) is 13.8 Å². The molecule has 2 N–H and O–H groups in total. The Morgan fingerprint density at radius 1 is 1.25 bits per heavy atom. The SMILES string of the molecule is CC(C)OCCOC1CC(N)C12CCCC2. The van der Waals surface area contributed by atoms with Crippen LogP contribution in [0.4, 0.5) is 0 Å². The van der Waals surface area contributed by atoms with Gasteiger partial charge in [0, 0.05) is 11.5 Å². The van der Waals surface area contributed by atoms with Crippen LogP contribution in [0.25, 0.3) is 0 Å². The largest absolute Gasteiger partial charge is 0.376 e. The van der Waals surface area contributed by atoms with E-state index in [1.165, 1.54) is 25.7 Å². The highest BCUT2D eigenvalue weighted by Crippen LogP contribution is 2.53. The van der Waals surface area contributed by atoms with Gasteiger partial charge in [-0.3, -0.25) is 0 Å². The van der Waals surface area contributed by atoms with Crippen molar-refractivity contribution in [2.75, 3.05) is 13.2 Å². The lowest BCUT2D eigenvalue weighted by atomic mass is 9.61. The molecule has 2 unspecified atom stereocenters. The maximum atomic E-state index is 6.15. The van der Waals surface area contributed by atoms with E-state index in [1.807, 2.05) is 0 Å². The van der Waals surface area contributed by atoms with Crippen LogP contribution >= 0.6 is 0 Å². The van der Waals surface area contributed by atoms with Crippen LogP contribution < -0.4 is 5.73 Å². The van der Waals surface area contributed by atoms with Crippen LogP contribution in [0.3, 0.4) is 0 Å². The number of hydrogen-bond donors (Lipinski definition) is 1. The van der Waals surface area contributed by atoms with Crippen LogP contribution in [-0.4, -0.2) is 31.5 Å². The molecule has 2 saturated carbocycles. The molecule has 1 spiro atoms. The minimum atomic E-state index is 0.299. The van der Waals surface area contributed by atoms with Crippen molar-refractivity contribution in [3.63, 3.8) is 0 Å². The molecule has 0 amide bonds. The third-order valence-corrected chi connectivity index (χ3v) is 4.24. The average molecular weight is 227 g/mol. The van der Waals surface area contributed by atoms with E-state index in [0.29, 0.717) is 30.3 Å². The van der Waals surface area contributed by atoms with E-state index >= 15 is 0 Å². The summed E-state index contributed by atoms with van der Waals surface area (Å²) in [5.41, 5.74) is 6.48. The molecule has 94 valence electrons. The Morgan fingerprint density at radius 2 is 1.94 bits per heavy atom. The summed E-state index contributed by atoms with van der Waals surface area (Å²) in [5.74, 6) is 0. The van der Waals surface area contributed by atoms with Crippen molar-refractivity contribution < 1.29 is 9.47 Å².